The largest absolute Gasteiger partial charge is 0.490 e. The van der Waals surface area contributed by atoms with Gasteiger partial charge in [-0.3, -0.25) is 0 Å². The lowest BCUT2D eigenvalue weighted by Crippen LogP contribution is -2.07. The average molecular weight is 393 g/mol. The van der Waals surface area contributed by atoms with E-state index in [0.717, 1.165) is 11.6 Å². The zero-order chi connectivity index (χ0) is 20.0. The van der Waals surface area contributed by atoms with Crippen molar-refractivity contribution >= 4 is 15.9 Å². The Morgan fingerprint density at radius 3 is 2.44 bits per heavy atom. The summed E-state index contributed by atoms with van der Waals surface area (Å²) in [7, 11) is -4.12. The molecule has 0 fully saturated rings. The topological polar surface area (TPSA) is 76.4 Å². The summed E-state index contributed by atoms with van der Waals surface area (Å²) in [5.74, 6) is -0.308. The normalized spacial score (nSPS) is 11.9. The van der Waals surface area contributed by atoms with Gasteiger partial charge in [-0.1, -0.05) is 29.8 Å². The van der Waals surface area contributed by atoms with Crippen molar-refractivity contribution in [2.24, 2.45) is 0 Å². The molecule has 0 unspecified atom stereocenters. The standard InChI is InChI=1S/C19H17F2NO4S/c1-3-25-17-6-4-5-14(18(17)26-19(20)21)11-16(12-22)27(23,24)15-9-7-13(2)8-10-15/h4-11,19H,3H2,1-2H3/b16-11+. The molecule has 142 valence electrons. The molecule has 0 aliphatic rings. The van der Waals surface area contributed by atoms with Crippen LogP contribution in [0, 0.1) is 18.3 Å². The first-order valence-electron chi connectivity index (χ1n) is 7.93. The van der Waals surface area contributed by atoms with Crippen molar-refractivity contribution in [1.82, 2.24) is 0 Å². The molecule has 0 atom stereocenters. The van der Waals surface area contributed by atoms with Crippen molar-refractivity contribution in [2.75, 3.05) is 6.61 Å². The number of nitriles is 1. The van der Waals surface area contributed by atoms with Gasteiger partial charge in [-0.15, -0.1) is 0 Å². The molecular weight excluding hydrogens is 376 g/mol. The van der Waals surface area contributed by atoms with Gasteiger partial charge in [0.2, 0.25) is 9.84 Å². The van der Waals surface area contributed by atoms with Crippen molar-refractivity contribution in [3.05, 3.63) is 58.5 Å². The fourth-order valence-corrected chi connectivity index (χ4v) is 3.44. The van der Waals surface area contributed by atoms with E-state index in [9.17, 15) is 22.5 Å². The highest BCUT2D eigenvalue weighted by atomic mass is 32.2. The van der Waals surface area contributed by atoms with Gasteiger partial charge in [0, 0.05) is 5.56 Å². The number of rotatable bonds is 7. The van der Waals surface area contributed by atoms with E-state index in [-0.39, 0.29) is 28.6 Å². The minimum atomic E-state index is -4.12. The maximum atomic E-state index is 12.8. The van der Waals surface area contributed by atoms with Crippen LogP contribution in [0.1, 0.15) is 18.1 Å². The molecule has 0 aromatic heterocycles. The van der Waals surface area contributed by atoms with Gasteiger partial charge in [0.15, 0.2) is 11.5 Å². The van der Waals surface area contributed by atoms with Gasteiger partial charge in [-0.25, -0.2) is 8.42 Å². The summed E-state index contributed by atoms with van der Waals surface area (Å²) in [6.07, 6.45) is 0.995. The first kappa shape index (κ1) is 20.4. The minimum absolute atomic E-state index is 0.00603. The highest BCUT2D eigenvalue weighted by Gasteiger charge is 2.22. The number of nitrogens with zero attached hydrogens (tertiary/aromatic N) is 1. The van der Waals surface area contributed by atoms with Crippen LogP contribution in [0.5, 0.6) is 11.5 Å². The molecule has 0 bridgehead atoms. The molecule has 5 nitrogen and oxygen atoms in total. The van der Waals surface area contributed by atoms with Gasteiger partial charge < -0.3 is 9.47 Å². The molecule has 2 rings (SSSR count). The van der Waals surface area contributed by atoms with Gasteiger partial charge in [-0.2, -0.15) is 14.0 Å². The van der Waals surface area contributed by atoms with Crippen LogP contribution in [0.4, 0.5) is 8.78 Å². The number of benzene rings is 2. The SMILES string of the molecule is CCOc1cccc(/C=C(\C#N)S(=O)(=O)c2ccc(C)cc2)c1OC(F)F. The Morgan fingerprint density at radius 2 is 1.89 bits per heavy atom. The van der Waals surface area contributed by atoms with Crippen LogP contribution < -0.4 is 9.47 Å². The lowest BCUT2D eigenvalue weighted by molar-refractivity contribution is -0.0515. The molecule has 0 saturated heterocycles. The summed E-state index contributed by atoms with van der Waals surface area (Å²) < 4.78 is 60.8. The zero-order valence-corrected chi connectivity index (χ0v) is 15.5. The molecule has 27 heavy (non-hydrogen) atoms. The second-order valence-electron chi connectivity index (χ2n) is 5.42. The van der Waals surface area contributed by atoms with Gasteiger partial charge >= 0.3 is 6.61 Å². The smallest absolute Gasteiger partial charge is 0.387 e. The molecule has 8 heteroatoms. The average Bonchev–Trinajstić information content (AvgIpc) is 2.62. The number of hydrogen-bond donors (Lipinski definition) is 0. The van der Waals surface area contributed by atoms with Crippen molar-refractivity contribution in [2.45, 2.75) is 25.4 Å². The maximum Gasteiger partial charge on any atom is 0.387 e. The van der Waals surface area contributed by atoms with Crippen LogP contribution in [0.25, 0.3) is 6.08 Å². The van der Waals surface area contributed by atoms with E-state index < -0.39 is 21.4 Å². The van der Waals surface area contributed by atoms with E-state index in [2.05, 4.69) is 4.74 Å². The van der Waals surface area contributed by atoms with E-state index >= 15 is 0 Å². The Hall–Kier alpha value is -2.92. The Bertz CT molecular complexity index is 978. The summed E-state index contributed by atoms with van der Waals surface area (Å²) in [4.78, 5) is -0.669. The van der Waals surface area contributed by atoms with Gasteiger partial charge in [0.25, 0.3) is 0 Å². The summed E-state index contributed by atoms with van der Waals surface area (Å²) in [6.45, 7) is 0.513. The predicted octanol–water partition coefficient (Wildman–Crippen LogP) is 4.33. The lowest BCUT2D eigenvalue weighted by atomic mass is 10.1. The summed E-state index contributed by atoms with van der Waals surface area (Å²) in [6, 6.07) is 11.8. The molecule has 0 N–H and O–H groups in total. The molecule has 0 aliphatic heterocycles. The Morgan fingerprint density at radius 1 is 1.22 bits per heavy atom. The first-order valence-corrected chi connectivity index (χ1v) is 9.42. The van der Waals surface area contributed by atoms with Crippen LogP contribution in [-0.2, 0) is 9.84 Å². The van der Waals surface area contributed by atoms with Crippen LogP contribution in [0.3, 0.4) is 0 Å². The molecule has 0 amide bonds. The van der Waals surface area contributed by atoms with Crippen molar-refractivity contribution in [1.29, 1.82) is 5.26 Å². The predicted molar refractivity (Wildman–Crippen MR) is 96.2 cm³/mol. The van der Waals surface area contributed by atoms with Gasteiger partial charge in [-0.05, 0) is 38.1 Å². The molecule has 0 heterocycles. The summed E-state index contributed by atoms with van der Waals surface area (Å²) >= 11 is 0. The fraction of sp³-hybridized carbons (Fsp3) is 0.211. The van der Waals surface area contributed by atoms with E-state index in [1.165, 1.54) is 30.3 Å². The molecular formula is C19H17F2NO4S. The molecule has 0 saturated carbocycles. The third-order valence-electron chi connectivity index (χ3n) is 3.53. The van der Waals surface area contributed by atoms with E-state index in [1.807, 2.05) is 0 Å². The van der Waals surface area contributed by atoms with Crippen molar-refractivity contribution < 1.29 is 26.7 Å². The number of aryl methyl sites for hydroxylation is 1. The monoisotopic (exact) mass is 393 g/mol. The fourth-order valence-electron chi connectivity index (χ4n) is 2.29. The zero-order valence-electron chi connectivity index (χ0n) is 14.6. The molecule has 0 aliphatic carbocycles. The van der Waals surface area contributed by atoms with E-state index in [1.54, 1.807) is 32.0 Å². The molecule has 2 aromatic rings. The number of para-hydroxylation sites is 1. The molecule has 0 radical (unpaired) electrons. The van der Waals surface area contributed by atoms with Crippen LogP contribution >= 0.6 is 0 Å². The van der Waals surface area contributed by atoms with Crippen LogP contribution in [-0.4, -0.2) is 21.6 Å². The number of halogens is 2. The lowest BCUT2D eigenvalue weighted by Gasteiger charge is -2.14. The van der Waals surface area contributed by atoms with Crippen molar-refractivity contribution in [3.8, 4) is 17.6 Å². The highest BCUT2D eigenvalue weighted by Crippen LogP contribution is 2.35. The van der Waals surface area contributed by atoms with Crippen molar-refractivity contribution in [3.63, 3.8) is 0 Å². The number of sulfone groups is 1. The number of alkyl halides is 2. The van der Waals surface area contributed by atoms with E-state index in [4.69, 9.17) is 4.74 Å². The number of allylic oxidation sites excluding steroid dienone is 1. The highest BCUT2D eigenvalue weighted by molar-refractivity contribution is 7.95. The summed E-state index contributed by atoms with van der Waals surface area (Å²) in [5, 5.41) is 9.37. The second-order valence-corrected chi connectivity index (χ2v) is 7.34. The number of hydrogen-bond acceptors (Lipinski definition) is 5. The molecule has 2 aromatic carbocycles. The maximum absolute atomic E-state index is 12.8. The van der Waals surface area contributed by atoms with E-state index in [0.29, 0.717) is 0 Å². The Kier molecular flexibility index (Phi) is 6.53. The van der Waals surface area contributed by atoms with Gasteiger partial charge in [0.1, 0.15) is 11.0 Å². The third-order valence-corrected chi connectivity index (χ3v) is 5.21. The second kappa shape index (κ2) is 8.64. The quantitative estimate of drug-likeness (QED) is 0.654. The third kappa shape index (κ3) is 4.83. The van der Waals surface area contributed by atoms with Crippen LogP contribution in [0.15, 0.2) is 52.3 Å². The minimum Gasteiger partial charge on any atom is -0.490 e. The first-order chi connectivity index (χ1) is 12.8. The number of ether oxygens (including phenoxy) is 2. The Labute approximate surface area is 156 Å². The summed E-state index contributed by atoms with van der Waals surface area (Å²) in [5.41, 5.74) is 0.849. The Balaban J connectivity index is 2.59. The van der Waals surface area contributed by atoms with Gasteiger partial charge in [0.05, 0.1) is 11.5 Å². The van der Waals surface area contributed by atoms with Crippen LogP contribution in [0.2, 0.25) is 0 Å². The molecule has 0 spiro atoms.